The van der Waals surface area contributed by atoms with E-state index in [-0.39, 0.29) is 0 Å². The Morgan fingerprint density at radius 2 is 1.71 bits per heavy atom. The summed E-state index contributed by atoms with van der Waals surface area (Å²) in [5.41, 5.74) is 0. The summed E-state index contributed by atoms with van der Waals surface area (Å²) >= 11 is -2.32. The van der Waals surface area contributed by atoms with Crippen LogP contribution in [0, 0.1) is 0 Å². The summed E-state index contributed by atoms with van der Waals surface area (Å²) in [4.78, 5) is 0. The topological polar surface area (TPSA) is 43.4 Å². The van der Waals surface area contributed by atoms with Gasteiger partial charge < -0.3 is 0 Å². The molecule has 1 atom stereocenters. The molecule has 0 amide bonds. The van der Waals surface area contributed by atoms with Crippen LogP contribution < -0.4 is 0 Å². The zero-order valence-electron chi connectivity index (χ0n) is 10.0. The van der Waals surface area contributed by atoms with Crippen molar-refractivity contribution in [2.24, 2.45) is 0 Å². The van der Waals surface area contributed by atoms with Crippen LogP contribution in [-0.2, 0) is 14.3 Å². The number of hydrogen-bond donors (Lipinski definition) is 0. The molecule has 0 fully saturated rings. The van der Waals surface area contributed by atoms with E-state index in [2.05, 4.69) is 17.3 Å². The van der Waals surface area contributed by atoms with Gasteiger partial charge in [0.15, 0.2) is 0 Å². The monoisotopic (exact) mass is 284 g/mol. The molecule has 14 heavy (non-hydrogen) atoms. The second-order valence-corrected chi connectivity index (χ2v) is 19.5. The van der Waals surface area contributed by atoms with Crippen LogP contribution in [0.15, 0.2) is 0 Å². The second-order valence-electron chi connectivity index (χ2n) is 4.85. The van der Waals surface area contributed by atoms with Gasteiger partial charge in [0.1, 0.15) is 0 Å². The molecule has 0 heterocycles. The van der Waals surface area contributed by atoms with Gasteiger partial charge in [-0.3, -0.25) is 0 Å². The average molecular weight is 283 g/mol. The van der Waals surface area contributed by atoms with Gasteiger partial charge in [0, 0.05) is 0 Å². The van der Waals surface area contributed by atoms with Crippen molar-refractivity contribution in [2.45, 2.75) is 47.5 Å². The van der Waals surface area contributed by atoms with Crippen molar-refractivity contribution in [1.82, 2.24) is 0 Å². The van der Waals surface area contributed by atoms with Crippen molar-refractivity contribution in [3.8, 4) is 0 Å². The number of hydrogen-bond acceptors (Lipinski definition) is 3. The molecular weight excluding hydrogens is 261 g/mol. The summed E-state index contributed by atoms with van der Waals surface area (Å²) in [5, 5.41) is 0. The van der Waals surface area contributed by atoms with Crippen molar-refractivity contribution in [1.29, 1.82) is 0 Å². The van der Waals surface area contributed by atoms with E-state index in [1.807, 2.05) is 13.8 Å². The van der Waals surface area contributed by atoms with E-state index in [1.54, 1.807) is 0 Å². The quantitative estimate of drug-likeness (QED) is 0.574. The van der Waals surface area contributed by atoms with Crippen LogP contribution in [0.3, 0.4) is 0 Å². The Hall–Kier alpha value is 0.453. The molecule has 0 aliphatic heterocycles. The molecule has 5 heteroatoms. The van der Waals surface area contributed by atoms with Crippen molar-refractivity contribution >= 4 is 23.4 Å². The second kappa shape index (κ2) is 4.53. The Labute approximate surface area is 90.7 Å². The van der Waals surface area contributed by atoms with E-state index in [0.717, 1.165) is 6.42 Å². The van der Waals surface area contributed by atoms with Gasteiger partial charge in [-0.25, -0.2) is 0 Å². The first-order valence-electron chi connectivity index (χ1n) is 4.92. The summed E-state index contributed by atoms with van der Waals surface area (Å²) in [5.74, 6) is 6.35. The average Bonchev–Trinajstić information content (AvgIpc) is 2.02. The van der Waals surface area contributed by atoms with Gasteiger partial charge in [-0.15, -0.1) is 0 Å². The van der Waals surface area contributed by atoms with E-state index in [1.165, 1.54) is 7.11 Å². The zero-order valence-corrected chi connectivity index (χ0v) is 13.0. The Kier molecular flexibility index (Phi) is 4.68. The Balaban J connectivity index is 5.33. The minimum absolute atomic E-state index is 0.628. The van der Waals surface area contributed by atoms with Gasteiger partial charge >= 0.3 is 90.6 Å². The fourth-order valence-corrected chi connectivity index (χ4v) is 10.5. The summed E-state index contributed by atoms with van der Waals surface area (Å²) in [7, 11) is -2.14. The molecule has 0 N–H and O–H groups in total. The third-order valence-corrected chi connectivity index (χ3v) is 16.8. The van der Waals surface area contributed by atoms with Crippen LogP contribution in [0.25, 0.3) is 0 Å². The summed E-state index contributed by atoms with van der Waals surface area (Å²) in [6.45, 7) is 3.85. The van der Waals surface area contributed by atoms with E-state index < -0.39 is 27.0 Å². The van der Waals surface area contributed by atoms with Crippen LogP contribution >= 0.6 is 0 Å². The minimum atomic E-state index is -3.40. The fraction of sp³-hybridized carbons (Fsp3) is 1.00. The molecule has 0 aromatic rings. The van der Waals surface area contributed by atoms with E-state index in [9.17, 15) is 8.42 Å². The van der Waals surface area contributed by atoms with Crippen LogP contribution in [-0.4, -0.2) is 32.4 Å². The molecule has 0 bridgehead atoms. The van der Waals surface area contributed by atoms with Gasteiger partial charge in [-0.1, -0.05) is 0 Å². The van der Waals surface area contributed by atoms with Gasteiger partial charge in [0.25, 0.3) is 0 Å². The maximum absolute atomic E-state index is 11.9. The Bertz CT molecular complexity index is 279. The molecule has 86 valence electrons. The third-order valence-electron chi connectivity index (χ3n) is 3.08. The number of rotatable bonds is 5. The maximum atomic E-state index is 11.9. The van der Waals surface area contributed by atoms with Gasteiger partial charge in [0.2, 0.25) is 0 Å². The molecule has 1 unspecified atom stereocenters. The molecule has 0 rings (SSSR count). The Morgan fingerprint density at radius 3 is 1.93 bits per heavy atom. The predicted octanol–water partition coefficient (Wildman–Crippen LogP) is 2.40. The van der Waals surface area contributed by atoms with Crippen molar-refractivity contribution in [3.05, 3.63) is 0 Å². The first-order chi connectivity index (χ1) is 6.12. The molecule has 0 aromatic carbocycles. The fourth-order valence-electron chi connectivity index (χ4n) is 1.54. The van der Waals surface area contributed by atoms with Crippen molar-refractivity contribution in [3.63, 3.8) is 0 Å². The molecule has 3 nitrogen and oxygen atoms in total. The first-order valence-corrected chi connectivity index (χ1v) is 13.7. The summed E-state index contributed by atoms with van der Waals surface area (Å²) in [6.07, 6.45) is 1.58. The SMILES string of the molecule is CCC[C](C)(S(=O)(=O)OC)[Ge]([CH3])([CH3])[CH3]. The van der Waals surface area contributed by atoms with Crippen LogP contribution in [0.5, 0.6) is 0 Å². The Morgan fingerprint density at radius 1 is 1.29 bits per heavy atom. The molecule has 0 aliphatic rings. The van der Waals surface area contributed by atoms with Crippen LogP contribution in [0.4, 0.5) is 0 Å². The van der Waals surface area contributed by atoms with E-state index in [0.29, 0.717) is 6.42 Å². The standard InChI is InChI=1S/C9H22GeO3S/c1-7-8-9(2,10(3,4)5)14(11,12)13-6/h7-8H2,1-6H3. The summed E-state index contributed by atoms with van der Waals surface area (Å²) in [6, 6.07) is 0. The molecule has 0 radical (unpaired) electrons. The zero-order chi connectivity index (χ0) is 11.6. The van der Waals surface area contributed by atoms with Crippen molar-refractivity contribution < 1.29 is 12.6 Å². The predicted molar refractivity (Wildman–Crippen MR) is 62.6 cm³/mol. The normalized spacial score (nSPS) is 17.9. The molecule has 0 aromatic heterocycles. The van der Waals surface area contributed by atoms with Crippen molar-refractivity contribution in [2.75, 3.05) is 7.11 Å². The van der Waals surface area contributed by atoms with Crippen LogP contribution in [0.1, 0.15) is 26.7 Å². The molecule has 0 saturated heterocycles. The van der Waals surface area contributed by atoms with E-state index in [4.69, 9.17) is 4.18 Å². The third kappa shape index (κ3) is 2.52. The summed E-state index contributed by atoms with van der Waals surface area (Å²) < 4.78 is 27.8. The first kappa shape index (κ1) is 14.5. The molecule has 0 spiro atoms. The molecule has 0 aliphatic carbocycles. The van der Waals surface area contributed by atoms with Crippen LogP contribution in [0.2, 0.25) is 17.3 Å². The van der Waals surface area contributed by atoms with Gasteiger partial charge in [0.05, 0.1) is 0 Å². The van der Waals surface area contributed by atoms with Gasteiger partial charge in [-0.2, -0.15) is 0 Å². The molecular formula is C9H22GeO3S. The van der Waals surface area contributed by atoms with Gasteiger partial charge in [-0.05, 0) is 0 Å². The van der Waals surface area contributed by atoms with E-state index >= 15 is 0 Å². The molecule has 0 saturated carbocycles.